The number of nitrogens with one attached hydrogen (secondary N) is 1. The van der Waals surface area contributed by atoms with Crippen molar-refractivity contribution in [1.29, 1.82) is 0 Å². The Morgan fingerprint density at radius 1 is 1.07 bits per heavy atom. The summed E-state index contributed by atoms with van der Waals surface area (Å²) in [5, 5.41) is 7.02. The first-order valence-corrected chi connectivity index (χ1v) is 10.8. The third-order valence-electron chi connectivity index (χ3n) is 5.59. The fraction of sp³-hybridized carbons (Fsp3) is 0.409. The van der Waals surface area contributed by atoms with Crippen molar-refractivity contribution in [2.75, 3.05) is 31.2 Å². The summed E-state index contributed by atoms with van der Waals surface area (Å²) >= 11 is 1.80. The SMILES string of the molecule is c1csc(CNCc2cc3cc4c(cc3nc2N2CCOCC2)CCC4)c1. The zero-order valence-electron chi connectivity index (χ0n) is 15.5. The van der Waals surface area contributed by atoms with Crippen LogP contribution in [0.3, 0.4) is 0 Å². The Hall–Kier alpha value is -1.95. The highest BCUT2D eigenvalue weighted by molar-refractivity contribution is 7.09. The van der Waals surface area contributed by atoms with Crippen molar-refractivity contribution >= 4 is 28.1 Å². The van der Waals surface area contributed by atoms with Gasteiger partial charge in [-0.05, 0) is 60.0 Å². The summed E-state index contributed by atoms with van der Waals surface area (Å²) < 4.78 is 5.56. The van der Waals surface area contributed by atoms with Gasteiger partial charge in [-0.2, -0.15) is 0 Å². The van der Waals surface area contributed by atoms with Crippen LogP contribution in [-0.4, -0.2) is 31.3 Å². The van der Waals surface area contributed by atoms with Gasteiger partial charge in [0.05, 0.1) is 18.7 Å². The van der Waals surface area contributed by atoms with Crippen LogP contribution in [-0.2, 0) is 30.7 Å². The van der Waals surface area contributed by atoms with E-state index >= 15 is 0 Å². The maximum Gasteiger partial charge on any atom is 0.133 e. The molecule has 5 rings (SSSR count). The number of hydrogen-bond donors (Lipinski definition) is 1. The molecule has 0 spiro atoms. The molecule has 1 aliphatic heterocycles. The molecule has 1 aliphatic carbocycles. The van der Waals surface area contributed by atoms with Crippen molar-refractivity contribution in [2.45, 2.75) is 32.4 Å². The van der Waals surface area contributed by atoms with Crippen molar-refractivity contribution in [2.24, 2.45) is 0 Å². The molecule has 4 nitrogen and oxygen atoms in total. The second-order valence-electron chi connectivity index (χ2n) is 7.42. The van der Waals surface area contributed by atoms with Crippen LogP contribution in [0.25, 0.3) is 10.9 Å². The van der Waals surface area contributed by atoms with Crippen LogP contribution in [0.4, 0.5) is 5.82 Å². The highest BCUT2D eigenvalue weighted by Gasteiger charge is 2.19. The molecule has 3 heterocycles. The fourth-order valence-corrected chi connectivity index (χ4v) is 4.87. The minimum atomic E-state index is 0.784. The molecule has 1 aromatic carbocycles. The van der Waals surface area contributed by atoms with Crippen LogP contribution in [0.15, 0.2) is 35.7 Å². The minimum Gasteiger partial charge on any atom is -0.378 e. The topological polar surface area (TPSA) is 37.4 Å². The number of hydrogen-bond acceptors (Lipinski definition) is 5. The number of morpholine rings is 1. The van der Waals surface area contributed by atoms with Gasteiger partial charge in [0.15, 0.2) is 0 Å². The number of anilines is 1. The highest BCUT2D eigenvalue weighted by Crippen LogP contribution is 2.30. The molecule has 2 aliphatic rings. The van der Waals surface area contributed by atoms with Gasteiger partial charge < -0.3 is 15.0 Å². The molecule has 3 aromatic rings. The Balaban J connectivity index is 1.48. The third kappa shape index (κ3) is 3.59. The summed E-state index contributed by atoms with van der Waals surface area (Å²) in [4.78, 5) is 8.88. The van der Waals surface area contributed by atoms with E-state index in [0.717, 1.165) is 50.7 Å². The van der Waals surface area contributed by atoms with E-state index in [1.165, 1.54) is 46.2 Å². The lowest BCUT2D eigenvalue weighted by Gasteiger charge is -2.30. The predicted octanol–water partition coefficient (Wildman–Crippen LogP) is 3.91. The molecule has 140 valence electrons. The van der Waals surface area contributed by atoms with Gasteiger partial charge in [0.2, 0.25) is 0 Å². The molecule has 1 saturated heterocycles. The monoisotopic (exact) mass is 379 g/mol. The van der Waals surface area contributed by atoms with E-state index in [-0.39, 0.29) is 0 Å². The van der Waals surface area contributed by atoms with Crippen molar-refractivity contribution in [3.8, 4) is 0 Å². The van der Waals surface area contributed by atoms with Crippen molar-refractivity contribution in [1.82, 2.24) is 10.3 Å². The van der Waals surface area contributed by atoms with Crippen LogP contribution >= 0.6 is 11.3 Å². The maximum atomic E-state index is 5.56. The molecule has 0 unspecified atom stereocenters. The van der Waals surface area contributed by atoms with E-state index in [0.29, 0.717) is 0 Å². The molecular formula is C22H25N3OS. The molecule has 0 bridgehead atoms. The Bertz CT molecular complexity index is 932. The van der Waals surface area contributed by atoms with Crippen LogP contribution in [0.1, 0.15) is 28.0 Å². The Morgan fingerprint density at radius 2 is 1.93 bits per heavy atom. The van der Waals surface area contributed by atoms with Crippen molar-refractivity contribution in [3.05, 3.63) is 57.3 Å². The average Bonchev–Trinajstić information content (AvgIpc) is 3.38. The molecule has 1 N–H and O–H groups in total. The van der Waals surface area contributed by atoms with E-state index in [1.54, 1.807) is 11.3 Å². The molecule has 0 radical (unpaired) electrons. The van der Waals surface area contributed by atoms with E-state index in [9.17, 15) is 0 Å². The van der Waals surface area contributed by atoms with Crippen LogP contribution < -0.4 is 10.2 Å². The number of benzene rings is 1. The largest absolute Gasteiger partial charge is 0.378 e. The van der Waals surface area contributed by atoms with Gasteiger partial charge in [0.25, 0.3) is 0 Å². The molecule has 1 fully saturated rings. The highest BCUT2D eigenvalue weighted by atomic mass is 32.1. The number of rotatable bonds is 5. The predicted molar refractivity (Wildman–Crippen MR) is 112 cm³/mol. The molecule has 0 atom stereocenters. The molecule has 0 saturated carbocycles. The van der Waals surface area contributed by atoms with Gasteiger partial charge in [-0.3, -0.25) is 0 Å². The standard InChI is InChI=1S/C22H25N3OS/c1-3-16-11-18-12-19(14-23-15-20-5-2-10-27-20)22(25-6-8-26-9-7-25)24-21(18)13-17(16)4-1/h2,5,10-13,23H,1,3-4,6-9,14-15H2. The zero-order chi connectivity index (χ0) is 18.1. The number of nitrogens with zero attached hydrogens (tertiary/aromatic N) is 2. The lowest BCUT2D eigenvalue weighted by molar-refractivity contribution is 0.122. The van der Waals surface area contributed by atoms with E-state index in [1.807, 2.05) is 0 Å². The molecular weight excluding hydrogens is 354 g/mol. The first-order valence-electron chi connectivity index (χ1n) is 9.88. The van der Waals surface area contributed by atoms with Crippen LogP contribution in [0, 0.1) is 0 Å². The van der Waals surface area contributed by atoms with Crippen LogP contribution in [0.2, 0.25) is 0 Å². The lowest BCUT2D eigenvalue weighted by Crippen LogP contribution is -2.37. The van der Waals surface area contributed by atoms with Gasteiger partial charge in [0, 0.05) is 42.0 Å². The lowest BCUT2D eigenvalue weighted by atomic mass is 10.0. The number of ether oxygens (including phenoxy) is 1. The summed E-state index contributed by atoms with van der Waals surface area (Å²) in [6, 6.07) is 11.3. The normalized spacial score (nSPS) is 16.8. The summed E-state index contributed by atoms with van der Waals surface area (Å²) in [5.41, 5.74) is 5.44. The van der Waals surface area contributed by atoms with Gasteiger partial charge in [0.1, 0.15) is 5.82 Å². The second-order valence-corrected chi connectivity index (χ2v) is 8.45. The van der Waals surface area contributed by atoms with E-state index in [4.69, 9.17) is 9.72 Å². The number of pyridine rings is 1. The first kappa shape index (κ1) is 17.2. The quantitative estimate of drug-likeness (QED) is 0.729. The molecule has 27 heavy (non-hydrogen) atoms. The summed E-state index contributed by atoms with van der Waals surface area (Å²) in [6.45, 7) is 5.15. The maximum absolute atomic E-state index is 5.56. The molecule has 2 aromatic heterocycles. The summed E-state index contributed by atoms with van der Waals surface area (Å²) in [6.07, 6.45) is 3.68. The average molecular weight is 380 g/mol. The van der Waals surface area contributed by atoms with Gasteiger partial charge in [-0.1, -0.05) is 6.07 Å². The van der Waals surface area contributed by atoms with Gasteiger partial charge >= 0.3 is 0 Å². The smallest absolute Gasteiger partial charge is 0.133 e. The Labute approximate surface area is 164 Å². The van der Waals surface area contributed by atoms with Crippen molar-refractivity contribution in [3.63, 3.8) is 0 Å². The van der Waals surface area contributed by atoms with Crippen molar-refractivity contribution < 1.29 is 4.74 Å². The minimum absolute atomic E-state index is 0.784. The number of thiophene rings is 1. The zero-order valence-corrected chi connectivity index (χ0v) is 16.4. The first-order chi connectivity index (χ1) is 13.4. The fourth-order valence-electron chi connectivity index (χ4n) is 4.19. The van der Waals surface area contributed by atoms with Gasteiger partial charge in [-0.15, -0.1) is 11.3 Å². The third-order valence-corrected chi connectivity index (χ3v) is 6.47. The Morgan fingerprint density at radius 3 is 2.74 bits per heavy atom. The van der Waals surface area contributed by atoms with E-state index < -0.39 is 0 Å². The Kier molecular flexibility index (Phi) is 4.82. The summed E-state index contributed by atoms with van der Waals surface area (Å²) in [5.74, 6) is 1.13. The summed E-state index contributed by atoms with van der Waals surface area (Å²) in [7, 11) is 0. The van der Waals surface area contributed by atoms with Crippen LogP contribution in [0.5, 0.6) is 0 Å². The molecule has 5 heteroatoms. The van der Waals surface area contributed by atoms with Gasteiger partial charge in [-0.25, -0.2) is 4.98 Å². The second kappa shape index (κ2) is 7.58. The number of fused-ring (bicyclic) bond motifs is 2. The van der Waals surface area contributed by atoms with E-state index in [2.05, 4.69) is 45.9 Å². The number of aryl methyl sites for hydroxylation is 2. The number of aromatic nitrogens is 1. The molecule has 0 amide bonds.